The van der Waals surface area contributed by atoms with E-state index in [0.29, 0.717) is 12.3 Å². The Labute approximate surface area is 123 Å². The smallest absolute Gasteiger partial charge is 0.174 e. The second kappa shape index (κ2) is 5.71. The first-order valence-electron chi connectivity index (χ1n) is 6.82. The van der Waals surface area contributed by atoms with Gasteiger partial charge >= 0.3 is 0 Å². The van der Waals surface area contributed by atoms with E-state index in [-0.39, 0.29) is 11.2 Å². The molecule has 0 spiro atoms. The van der Waals surface area contributed by atoms with Gasteiger partial charge in [0.1, 0.15) is 0 Å². The largest absolute Gasteiger partial charge is 0.504 e. The molecule has 4 heteroatoms. The molecule has 1 aromatic carbocycles. The van der Waals surface area contributed by atoms with Gasteiger partial charge in [-0.2, -0.15) is 0 Å². The van der Waals surface area contributed by atoms with Crippen LogP contribution in [0.15, 0.2) is 10.5 Å². The average molecular weight is 328 g/mol. The summed E-state index contributed by atoms with van der Waals surface area (Å²) in [6.07, 6.45) is 5.70. The predicted molar refractivity (Wildman–Crippen MR) is 80.9 cm³/mol. The van der Waals surface area contributed by atoms with Gasteiger partial charge in [0.25, 0.3) is 0 Å². The van der Waals surface area contributed by atoms with Crippen molar-refractivity contribution in [1.82, 2.24) is 0 Å². The van der Waals surface area contributed by atoms with Crippen molar-refractivity contribution in [2.45, 2.75) is 44.4 Å². The van der Waals surface area contributed by atoms with Crippen LogP contribution in [0.1, 0.15) is 43.2 Å². The van der Waals surface area contributed by atoms with Crippen LogP contribution >= 0.6 is 15.9 Å². The highest BCUT2D eigenvalue weighted by atomic mass is 79.9. The molecule has 3 N–H and O–H groups in total. The van der Waals surface area contributed by atoms with E-state index in [1.165, 1.54) is 19.3 Å². The van der Waals surface area contributed by atoms with Crippen molar-refractivity contribution < 1.29 is 9.84 Å². The lowest BCUT2D eigenvalue weighted by Crippen LogP contribution is -2.38. The van der Waals surface area contributed by atoms with Crippen LogP contribution in [-0.4, -0.2) is 18.8 Å². The summed E-state index contributed by atoms with van der Waals surface area (Å²) in [4.78, 5) is 0. The Bertz CT molecular complexity index is 468. The lowest BCUT2D eigenvalue weighted by molar-refractivity contribution is 0.284. The summed E-state index contributed by atoms with van der Waals surface area (Å²) in [5.41, 5.74) is 8.04. The third-order valence-electron chi connectivity index (χ3n) is 4.34. The fourth-order valence-electron chi connectivity index (χ4n) is 3.39. The number of rotatable bonds is 3. The number of aryl methyl sites for hydroxylation is 1. The van der Waals surface area contributed by atoms with Crippen molar-refractivity contribution >= 4 is 15.9 Å². The third kappa shape index (κ3) is 2.48. The fraction of sp³-hybridized carbons (Fsp3) is 0.600. The molecule has 1 fully saturated rings. The van der Waals surface area contributed by atoms with Gasteiger partial charge in [-0.05, 0) is 47.3 Å². The molecule has 3 nitrogen and oxygen atoms in total. The number of methoxy groups -OCH3 is 1. The molecule has 106 valence electrons. The molecule has 1 saturated carbocycles. The third-order valence-corrected chi connectivity index (χ3v) is 4.93. The summed E-state index contributed by atoms with van der Waals surface area (Å²) in [5, 5.41) is 10.6. The van der Waals surface area contributed by atoms with Gasteiger partial charge in [0, 0.05) is 17.5 Å². The predicted octanol–water partition coefficient (Wildman–Crippen LogP) is 3.63. The molecule has 0 radical (unpaired) electrons. The second-order valence-electron chi connectivity index (χ2n) is 5.48. The molecule has 2 rings (SSSR count). The summed E-state index contributed by atoms with van der Waals surface area (Å²) in [6.45, 7) is 2.61. The first-order chi connectivity index (χ1) is 9.05. The Morgan fingerprint density at radius 2 is 2.00 bits per heavy atom. The van der Waals surface area contributed by atoms with E-state index in [2.05, 4.69) is 15.9 Å². The molecule has 0 heterocycles. The number of ether oxygens (including phenoxy) is 1. The lowest BCUT2D eigenvalue weighted by Gasteiger charge is -2.38. The molecule has 0 amide bonds. The number of phenols is 1. The van der Waals surface area contributed by atoms with Gasteiger partial charge < -0.3 is 15.6 Å². The number of halogens is 1. The first kappa shape index (κ1) is 14.7. The van der Waals surface area contributed by atoms with Gasteiger partial charge in [0.15, 0.2) is 11.5 Å². The Kier molecular flexibility index (Phi) is 4.41. The van der Waals surface area contributed by atoms with E-state index in [9.17, 15) is 5.11 Å². The molecular weight excluding hydrogens is 306 g/mol. The molecule has 0 aliphatic heterocycles. The Balaban J connectivity index is 2.59. The summed E-state index contributed by atoms with van der Waals surface area (Å²) in [5.74, 6) is 0.765. The summed E-state index contributed by atoms with van der Waals surface area (Å²) >= 11 is 3.44. The Morgan fingerprint density at radius 3 is 2.53 bits per heavy atom. The standard InChI is InChI=1S/C15H22BrNO2/c1-10-8-11(16)14(19-2)13(18)12(10)15(9-17)6-4-3-5-7-15/h8,18H,3-7,9,17H2,1-2H3. The highest BCUT2D eigenvalue weighted by Crippen LogP contribution is 2.49. The first-order valence-corrected chi connectivity index (χ1v) is 7.61. The van der Waals surface area contributed by atoms with E-state index < -0.39 is 0 Å². The molecule has 0 atom stereocenters. The summed E-state index contributed by atoms with van der Waals surface area (Å²) in [7, 11) is 1.58. The molecule has 0 saturated heterocycles. The maximum atomic E-state index is 10.6. The zero-order valence-corrected chi connectivity index (χ0v) is 13.2. The van der Waals surface area contributed by atoms with Crippen LogP contribution in [0.3, 0.4) is 0 Å². The van der Waals surface area contributed by atoms with E-state index in [1.54, 1.807) is 7.11 Å². The van der Waals surface area contributed by atoms with Crippen LogP contribution in [0.5, 0.6) is 11.5 Å². The normalized spacial score (nSPS) is 18.3. The SMILES string of the molecule is COc1c(Br)cc(C)c(C2(CN)CCCCC2)c1O. The van der Waals surface area contributed by atoms with Crippen LogP contribution in [0, 0.1) is 6.92 Å². The minimum Gasteiger partial charge on any atom is -0.504 e. The molecular formula is C15H22BrNO2. The number of hydrogen-bond acceptors (Lipinski definition) is 3. The zero-order chi connectivity index (χ0) is 14.0. The zero-order valence-electron chi connectivity index (χ0n) is 11.6. The minimum absolute atomic E-state index is 0.0968. The highest BCUT2D eigenvalue weighted by molar-refractivity contribution is 9.10. The monoisotopic (exact) mass is 327 g/mol. The fourth-order valence-corrected chi connectivity index (χ4v) is 4.08. The maximum absolute atomic E-state index is 10.6. The number of aromatic hydroxyl groups is 1. The van der Waals surface area contributed by atoms with Gasteiger partial charge in [-0.1, -0.05) is 19.3 Å². The second-order valence-corrected chi connectivity index (χ2v) is 6.33. The van der Waals surface area contributed by atoms with Gasteiger partial charge in [0.2, 0.25) is 0 Å². The van der Waals surface area contributed by atoms with Crippen LogP contribution in [0.25, 0.3) is 0 Å². The molecule has 0 bridgehead atoms. The van der Waals surface area contributed by atoms with Crippen molar-refractivity contribution in [1.29, 1.82) is 0 Å². The number of hydrogen-bond donors (Lipinski definition) is 2. The van der Waals surface area contributed by atoms with Gasteiger partial charge in [-0.25, -0.2) is 0 Å². The van der Waals surface area contributed by atoms with Gasteiger partial charge in [-0.15, -0.1) is 0 Å². The van der Waals surface area contributed by atoms with E-state index in [0.717, 1.165) is 28.4 Å². The lowest BCUT2D eigenvalue weighted by atomic mass is 9.68. The number of phenolic OH excluding ortho intramolecular Hbond substituents is 1. The van der Waals surface area contributed by atoms with Crippen molar-refractivity contribution in [3.8, 4) is 11.5 Å². The summed E-state index contributed by atoms with van der Waals surface area (Å²) < 4.78 is 6.10. The van der Waals surface area contributed by atoms with E-state index >= 15 is 0 Å². The van der Waals surface area contributed by atoms with Gasteiger partial charge in [0.05, 0.1) is 11.6 Å². The van der Waals surface area contributed by atoms with Crippen LogP contribution < -0.4 is 10.5 Å². The molecule has 1 aliphatic carbocycles. The van der Waals surface area contributed by atoms with E-state index in [4.69, 9.17) is 10.5 Å². The highest BCUT2D eigenvalue weighted by Gasteiger charge is 2.37. The molecule has 1 aliphatic rings. The summed E-state index contributed by atoms with van der Waals surface area (Å²) in [6, 6.07) is 2.01. The molecule has 0 aromatic heterocycles. The van der Waals surface area contributed by atoms with Crippen LogP contribution in [-0.2, 0) is 5.41 Å². The number of nitrogens with two attached hydrogens (primary N) is 1. The van der Waals surface area contributed by atoms with Crippen LogP contribution in [0.4, 0.5) is 0 Å². The van der Waals surface area contributed by atoms with Crippen molar-refractivity contribution in [3.63, 3.8) is 0 Å². The average Bonchev–Trinajstić information content (AvgIpc) is 2.39. The Morgan fingerprint density at radius 1 is 1.37 bits per heavy atom. The molecule has 0 unspecified atom stereocenters. The topological polar surface area (TPSA) is 55.5 Å². The van der Waals surface area contributed by atoms with Crippen molar-refractivity contribution in [2.75, 3.05) is 13.7 Å². The minimum atomic E-state index is -0.0968. The van der Waals surface area contributed by atoms with Crippen LogP contribution in [0.2, 0.25) is 0 Å². The molecule has 1 aromatic rings. The van der Waals surface area contributed by atoms with Crippen molar-refractivity contribution in [3.05, 3.63) is 21.7 Å². The van der Waals surface area contributed by atoms with E-state index in [1.807, 2.05) is 13.0 Å². The number of benzene rings is 1. The quantitative estimate of drug-likeness (QED) is 0.891. The van der Waals surface area contributed by atoms with Gasteiger partial charge in [-0.3, -0.25) is 0 Å². The van der Waals surface area contributed by atoms with Crippen molar-refractivity contribution in [2.24, 2.45) is 5.73 Å². The molecule has 19 heavy (non-hydrogen) atoms. The maximum Gasteiger partial charge on any atom is 0.174 e. The Hall–Kier alpha value is -0.740.